The van der Waals surface area contributed by atoms with E-state index in [9.17, 15) is 14.9 Å². The fourth-order valence-corrected chi connectivity index (χ4v) is 2.93. The number of ether oxygens (including phenoxy) is 1. The number of esters is 1. The maximum atomic E-state index is 12.5. The van der Waals surface area contributed by atoms with Crippen molar-refractivity contribution >= 4 is 28.8 Å². The summed E-state index contributed by atoms with van der Waals surface area (Å²) in [7, 11) is 0. The zero-order chi connectivity index (χ0) is 16.3. The number of carbonyl (C=O) groups is 2. The molecule has 0 amide bonds. The highest BCUT2D eigenvalue weighted by molar-refractivity contribution is 7.17. The lowest BCUT2D eigenvalue weighted by molar-refractivity contribution is 0.0533. The number of benzene rings is 1. The Morgan fingerprint density at radius 3 is 2.45 bits per heavy atom. The van der Waals surface area contributed by atoms with Crippen LogP contribution in [0.3, 0.4) is 0 Å². The van der Waals surface area contributed by atoms with Gasteiger partial charge in [0.25, 0.3) is 0 Å². The number of carbonyl (C=O) groups excluding carboxylic acids is 2. The Labute approximate surface area is 131 Å². The Hall–Kier alpha value is -2.65. The predicted molar refractivity (Wildman–Crippen MR) is 84.0 cm³/mol. The number of thiophene rings is 1. The van der Waals surface area contributed by atoms with Gasteiger partial charge >= 0.3 is 5.97 Å². The van der Waals surface area contributed by atoms with Crippen molar-refractivity contribution in [1.29, 1.82) is 5.26 Å². The van der Waals surface area contributed by atoms with E-state index >= 15 is 0 Å². The zero-order valence-electron chi connectivity index (χ0n) is 12.2. The minimum Gasteiger partial charge on any atom is -0.462 e. The van der Waals surface area contributed by atoms with Crippen LogP contribution in [-0.4, -0.2) is 18.4 Å². The van der Waals surface area contributed by atoms with Crippen LogP contribution in [0.15, 0.2) is 24.3 Å². The van der Waals surface area contributed by atoms with Crippen LogP contribution in [0.1, 0.15) is 43.0 Å². The molecular weight excluding hydrogens is 300 g/mol. The van der Waals surface area contributed by atoms with Gasteiger partial charge in [-0.1, -0.05) is 29.8 Å². The van der Waals surface area contributed by atoms with Gasteiger partial charge in [0, 0.05) is 5.56 Å². The number of aryl methyl sites for hydroxylation is 1. The molecule has 0 saturated carbocycles. The van der Waals surface area contributed by atoms with Gasteiger partial charge in [0.05, 0.1) is 22.7 Å². The maximum absolute atomic E-state index is 12.5. The monoisotopic (exact) mass is 314 g/mol. The Balaban J connectivity index is 2.49. The van der Waals surface area contributed by atoms with Crippen molar-refractivity contribution in [3.8, 4) is 6.07 Å². The van der Waals surface area contributed by atoms with E-state index in [-0.39, 0.29) is 33.4 Å². The molecule has 0 unspecified atom stereocenters. The first-order valence-corrected chi connectivity index (χ1v) is 7.42. The van der Waals surface area contributed by atoms with Crippen LogP contribution in [0, 0.1) is 18.3 Å². The number of anilines is 1. The highest BCUT2D eigenvalue weighted by Gasteiger charge is 2.26. The average Bonchev–Trinajstić information content (AvgIpc) is 2.84. The lowest BCUT2D eigenvalue weighted by atomic mass is 10.0. The van der Waals surface area contributed by atoms with E-state index in [0.29, 0.717) is 5.56 Å². The van der Waals surface area contributed by atoms with Crippen molar-refractivity contribution < 1.29 is 14.3 Å². The SMILES string of the molecule is CCOC(=O)c1sc(C(=O)c2ccc(C)cc2)c(C#N)c1N. The molecule has 0 radical (unpaired) electrons. The highest BCUT2D eigenvalue weighted by atomic mass is 32.1. The number of nitrogens with two attached hydrogens (primary N) is 1. The summed E-state index contributed by atoms with van der Waals surface area (Å²) < 4.78 is 4.89. The van der Waals surface area contributed by atoms with Crippen molar-refractivity contribution in [2.75, 3.05) is 12.3 Å². The lowest BCUT2D eigenvalue weighted by Gasteiger charge is -1.99. The summed E-state index contributed by atoms with van der Waals surface area (Å²) in [6.45, 7) is 3.78. The quantitative estimate of drug-likeness (QED) is 0.692. The first-order chi connectivity index (χ1) is 10.5. The molecule has 0 aliphatic heterocycles. The summed E-state index contributed by atoms with van der Waals surface area (Å²) in [6.07, 6.45) is 0. The molecule has 0 fully saturated rings. The predicted octanol–water partition coefficient (Wildman–Crippen LogP) is 2.92. The van der Waals surface area contributed by atoms with Crippen molar-refractivity contribution in [3.63, 3.8) is 0 Å². The van der Waals surface area contributed by atoms with Gasteiger partial charge in [-0.2, -0.15) is 5.26 Å². The second-order valence-electron chi connectivity index (χ2n) is 4.58. The van der Waals surface area contributed by atoms with Crippen LogP contribution < -0.4 is 5.73 Å². The van der Waals surface area contributed by atoms with Crippen molar-refractivity contribution in [3.05, 3.63) is 50.7 Å². The largest absolute Gasteiger partial charge is 0.462 e. The normalized spacial score (nSPS) is 10.0. The van der Waals surface area contributed by atoms with Gasteiger partial charge in [0.1, 0.15) is 10.9 Å². The molecule has 112 valence electrons. The first kappa shape index (κ1) is 15.7. The van der Waals surface area contributed by atoms with Gasteiger partial charge in [-0.15, -0.1) is 11.3 Å². The molecular formula is C16H14N2O3S. The second-order valence-corrected chi connectivity index (χ2v) is 5.60. The standard InChI is InChI=1S/C16H14N2O3S/c1-3-21-16(20)15-12(18)11(8-17)14(22-15)13(19)10-6-4-9(2)5-7-10/h4-7H,3,18H2,1-2H3. The minimum atomic E-state index is -0.621. The van der Waals surface area contributed by atoms with E-state index in [1.165, 1.54) is 0 Å². The summed E-state index contributed by atoms with van der Waals surface area (Å²) in [6, 6.07) is 8.87. The number of ketones is 1. The van der Waals surface area contributed by atoms with Crippen LogP contribution in [-0.2, 0) is 4.74 Å². The van der Waals surface area contributed by atoms with Gasteiger partial charge in [0.2, 0.25) is 5.78 Å². The van der Waals surface area contributed by atoms with E-state index in [1.807, 2.05) is 25.1 Å². The van der Waals surface area contributed by atoms with Gasteiger partial charge in [0.15, 0.2) is 0 Å². The van der Waals surface area contributed by atoms with Crippen molar-refractivity contribution in [2.45, 2.75) is 13.8 Å². The number of nitriles is 1. The van der Waals surface area contributed by atoms with E-state index in [2.05, 4.69) is 0 Å². The molecule has 2 N–H and O–H groups in total. The average molecular weight is 314 g/mol. The number of rotatable bonds is 4. The molecule has 1 aromatic heterocycles. The van der Waals surface area contributed by atoms with E-state index in [1.54, 1.807) is 19.1 Å². The maximum Gasteiger partial charge on any atom is 0.350 e. The molecule has 0 atom stereocenters. The Kier molecular flexibility index (Phi) is 4.59. The van der Waals surface area contributed by atoms with Crippen LogP contribution in [0.4, 0.5) is 5.69 Å². The van der Waals surface area contributed by atoms with Crippen molar-refractivity contribution in [1.82, 2.24) is 0 Å². The molecule has 6 heteroatoms. The van der Waals surface area contributed by atoms with Crippen LogP contribution >= 0.6 is 11.3 Å². The molecule has 2 aromatic rings. The molecule has 1 aromatic carbocycles. The second kappa shape index (κ2) is 6.41. The van der Waals surface area contributed by atoms with Gasteiger partial charge < -0.3 is 10.5 Å². The highest BCUT2D eigenvalue weighted by Crippen LogP contribution is 2.33. The van der Waals surface area contributed by atoms with Gasteiger partial charge in [-0.05, 0) is 13.8 Å². The summed E-state index contributed by atoms with van der Waals surface area (Å²) in [5.41, 5.74) is 7.31. The number of hydrogen-bond acceptors (Lipinski definition) is 6. The summed E-state index contributed by atoms with van der Waals surface area (Å²) >= 11 is 0.894. The summed E-state index contributed by atoms with van der Waals surface area (Å²) in [5, 5.41) is 9.24. The molecule has 1 heterocycles. The number of hydrogen-bond donors (Lipinski definition) is 1. The van der Waals surface area contributed by atoms with Gasteiger partial charge in [-0.3, -0.25) is 4.79 Å². The molecule has 5 nitrogen and oxygen atoms in total. The van der Waals surface area contributed by atoms with E-state index in [0.717, 1.165) is 16.9 Å². The minimum absolute atomic E-state index is 0.00131. The van der Waals surface area contributed by atoms with E-state index in [4.69, 9.17) is 10.5 Å². The third-order valence-corrected chi connectivity index (χ3v) is 4.22. The van der Waals surface area contributed by atoms with Crippen LogP contribution in [0.25, 0.3) is 0 Å². The summed E-state index contributed by atoms with van der Waals surface area (Å²) in [4.78, 5) is 24.6. The molecule has 0 bridgehead atoms. The Morgan fingerprint density at radius 2 is 1.91 bits per heavy atom. The fraction of sp³-hybridized carbons (Fsp3) is 0.188. The Morgan fingerprint density at radius 1 is 1.27 bits per heavy atom. The number of nitrogen functional groups attached to an aromatic ring is 1. The topological polar surface area (TPSA) is 93.2 Å². The lowest BCUT2D eigenvalue weighted by Crippen LogP contribution is -2.05. The summed E-state index contributed by atoms with van der Waals surface area (Å²) in [5.74, 6) is -0.951. The first-order valence-electron chi connectivity index (χ1n) is 6.60. The number of nitrogens with zero attached hydrogens (tertiary/aromatic N) is 1. The molecule has 0 aliphatic rings. The molecule has 2 rings (SSSR count). The Bertz CT molecular complexity index is 770. The van der Waals surface area contributed by atoms with Crippen LogP contribution in [0.2, 0.25) is 0 Å². The van der Waals surface area contributed by atoms with E-state index < -0.39 is 5.97 Å². The fourth-order valence-electron chi connectivity index (χ4n) is 1.90. The van der Waals surface area contributed by atoms with Crippen LogP contribution in [0.5, 0.6) is 0 Å². The molecule has 0 saturated heterocycles. The molecule has 0 aliphatic carbocycles. The third kappa shape index (κ3) is 2.85. The smallest absolute Gasteiger partial charge is 0.350 e. The van der Waals surface area contributed by atoms with Gasteiger partial charge in [-0.25, -0.2) is 4.79 Å². The zero-order valence-corrected chi connectivity index (χ0v) is 13.0. The molecule has 22 heavy (non-hydrogen) atoms. The van der Waals surface area contributed by atoms with Crippen molar-refractivity contribution in [2.24, 2.45) is 0 Å². The molecule has 0 spiro atoms. The third-order valence-electron chi connectivity index (χ3n) is 3.04.